The van der Waals surface area contributed by atoms with Gasteiger partial charge in [0.15, 0.2) is 0 Å². The molecule has 37 heavy (non-hydrogen) atoms. The molecule has 0 radical (unpaired) electrons. The van der Waals surface area contributed by atoms with Gasteiger partial charge in [0.05, 0.1) is 6.61 Å². The summed E-state index contributed by atoms with van der Waals surface area (Å²) >= 11 is 3.44. The van der Waals surface area contributed by atoms with Gasteiger partial charge in [-0.25, -0.2) is 8.42 Å². The predicted octanol–water partition coefficient (Wildman–Crippen LogP) is 5.14. The molecule has 3 aromatic carbocycles. The lowest BCUT2D eigenvalue weighted by Gasteiger charge is -2.37. The number of fused-ring (bicyclic) bond motifs is 1. The molecule has 0 spiro atoms. The van der Waals surface area contributed by atoms with Crippen molar-refractivity contribution >= 4 is 26.0 Å². The first-order valence-electron chi connectivity index (χ1n) is 12.3. The van der Waals surface area contributed by atoms with Gasteiger partial charge in [-0.15, -0.1) is 0 Å². The van der Waals surface area contributed by atoms with Gasteiger partial charge < -0.3 is 14.6 Å². The van der Waals surface area contributed by atoms with Crippen molar-refractivity contribution in [3.8, 4) is 17.2 Å². The SMILES string of the molecule is C[C@H](CO)N1C[C@H](C)[C@@H](CN(C)Cc2ccc(Oc3ccccc3)cc2)Oc2cc(Br)ccc2S1(=O)=O. The summed E-state index contributed by atoms with van der Waals surface area (Å²) in [6, 6.07) is 22.1. The predicted molar refractivity (Wildman–Crippen MR) is 147 cm³/mol. The van der Waals surface area contributed by atoms with Crippen molar-refractivity contribution < 1.29 is 23.0 Å². The second-order valence-electron chi connectivity index (χ2n) is 9.59. The van der Waals surface area contributed by atoms with Crippen molar-refractivity contribution in [3.63, 3.8) is 0 Å². The molecule has 0 fully saturated rings. The van der Waals surface area contributed by atoms with E-state index in [-0.39, 0.29) is 30.1 Å². The minimum absolute atomic E-state index is 0.111. The Hall–Kier alpha value is -2.43. The zero-order chi connectivity index (χ0) is 26.6. The van der Waals surface area contributed by atoms with E-state index in [9.17, 15) is 13.5 Å². The Kier molecular flexibility index (Phi) is 8.92. The van der Waals surface area contributed by atoms with E-state index in [1.807, 2.05) is 68.6 Å². The van der Waals surface area contributed by atoms with Gasteiger partial charge in [-0.1, -0.05) is 53.2 Å². The van der Waals surface area contributed by atoms with E-state index in [0.29, 0.717) is 18.8 Å². The lowest BCUT2D eigenvalue weighted by molar-refractivity contribution is 0.0733. The van der Waals surface area contributed by atoms with Crippen LogP contribution in [0.3, 0.4) is 0 Å². The lowest BCUT2D eigenvalue weighted by atomic mass is 10.0. The maximum absolute atomic E-state index is 13.4. The maximum Gasteiger partial charge on any atom is 0.247 e. The van der Waals surface area contributed by atoms with Gasteiger partial charge >= 0.3 is 0 Å². The molecule has 0 saturated carbocycles. The molecule has 0 saturated heterocycles. The number of sulfonamides is 1. The fourth-order valence-corrected chi connectivity index (χ4v) is 6.55. The molecule has 4 rings (SSSR count). The highest BCUT2D eigenvalue weighted by Crippen LogP contribution is 2.35. The summed E-state index contributed by atoms with van der Waals surface area (Å²) in [4.78, 5) is 2.28. The monoisotopic (exact) mass is 588 g/mol. The average molecular weight is 590 g/mol. The van der Waals surface area contributed by atoms with Crippen LogP contribution < -0.4 is 9.47 Å². The van der Waals surface area contributed by atoms with Crippen LogP contribution in [0.2, 0.25) is 0 Å². The third-order valence-corrected chi connectivity index (χ3v) is 8.99. The van der Waals surface area contributed by atoms with Gasteiger partial charge in [-0.2, -0.15) is 4.31 Å². The quantitative estimate of drug-likeness (QED) is 0.392. The smallest absolute Gasteiger partial charge is 0.247 e. The number of ether oxygens (including phenoxy) is 2. The zero-order valence-corrected chi connectivity index (χ0v) is 23.7. The summed E-state index contributed by atoms with van der Waals surface area (Å²) in [5.41, 5.74) is 1.13. The van der Waals surface area contributed by atoms with Crippen LogP contribution >= 0.6 is 15.9 Å². The largest absolute Gasteiger partial charge is 0.487 e. The summed E-state index contributed by atoms with van der Waals surface area (Å²) in [5, 5.41) is 9.78. The molecular formula is C28H33BrN2O5S. The van der Waals surface area contributed by atoms with Crippen molar-refractivity contribution in [1.29, 1.82) is 0 Å². The second-order valence-corrected chi connectivity index (χ2v) is 12.4. The highest BCUT2D eigenvalue weighted by Gasteiger charge is 2.38. The summed E-state index contributed by atoms with van der Waals surface area (Å²) < 4.78 is 41.3. The summed E-state index contributed by atoms with van der Waals surface area (Å²) in [7, 11) is -1.81. The van der Waals surface area contributed by atoms with Crippen LogP contribution in [0.5, 0.6) is 17.2 Å². The molecule has 0 aromatic heterocycles. The Labute approximate surface area is 227 Å². The molecule has 0 bridgehead atoms. The molecule has 9 heteroatoms. The number of aliphatic hydroxyl groups excluding tert-OH is 1. The van der Waals surface area contributed by atoms with Crippen LogP contribution in [-0.4, -0.2) is 61.6 Å². The molecule has 3 atom stereocenters. The highest BCUT2D eigenvalue weighted by molar-refractivity contribution is 9.10. The molecule has 1 aliphatic heterocycles. The first-order valence-corrected chi connectivity index (χ1v) is 14.5. The maximum atomic E-state index is 13.4. The van der Waals surface area contributed by atoms with Gasteiger partial charge in [0.1, 0.15) is 28.2 Å². The van der Waals surface area contributed by atoms with Crippen molar-refractivity contribution in [2.75, 3.05) is 26.7 Å². The number of aliphatic hydroxyl groups is 1. The summed E-state index contributed by atoms with van der Waals surface area (Å²) in [6.45, 7) is 4.99. The van der Waals surface area contributed by atoms with E-state index < -0.39 is 16.1 Å². The van der Waals surface area contributed by atoms with E-state index in [2.05, 4.69) is 20.8 Å². The van der Waals surface area contributed by atoms with Crippen LogP contribution in [0, 0.1) is 5.92 Å². The number of hydrogen-bond donors (Lipinski definition) is 1. The minimum atomic E-state index is -3.83. The Balaban J connectivity index is 1.50. The Morgan fingerprint density at radius 2 is 1.78 bits per heavy atom. The number of nitrogens with zero attached hydrogens (tertiary/aromatic N) is 2. The molecule has 0 amide bonds. The van der Waals surface area contributed by atoms with E-state index in [0.717, 1.165) is 21.5 Å². The summed E-state index contributed by atoms with van der Waals surface area (Å²) in [5.74, 6) is 1.77. The number of benzene rings is 3. The fourth-order valence-electron chi connectivity index (χ4n) is 4.39. The van der Waals surface area contributed by atoms with Crippen LogP contribution in [0.4, 0.5) is 0 Å². The van der Waals surface area contributed by atoms with E-state index in [4.69, 9.17) is 9.47 Å². The van der Waals surface area contributed by atoms with Gasteiger partial charge in [-0.3, -0.25) is 4.90 Å². The third kappa shape index (κ3) is 6.72. The van der Waals surface area contributed by atoms with E-state index in [1.54, 1.807) is 25.1 Å². The highest BCUT2D eigenvalue weighted by atomic mass is 79.9. The number of rotatable bonds is 8. The molecule has 0 unspecified atom stereocenters. The Morgan fingerprint density at radius 1 is 1.11 bits per heavy atom. The lowest BCUT2D eigenvalue weighted by Crippen LogP contribution is -2.49. The number of para-hydroxylation sites is 1. The average Bonchev–Trinajstić information content (AvgIpc) is 2.87. The van der Waals surface area contributed by atoms with Crippen LogP contribution in [0.1, 0.15) is 19.4 Å². The van der Waals surface area contributed by atoms with Gasteiger partial charge in [0, 0.05) is 36.1 Å². The summed E-state index contributed by atoms with van der Waals surface area (Å²) in [6.07, 6.45) is -0.261. The minimum Gasteiger partial charge on any atom is -0.487 e. The molecular weight excluding hydrogens is 556 g/mol. The molecule has 198 valence electrons. The van der Waals surface area contributed by atoms with Crippen molar-refractivity contribution in [2.24, 2.45) is 5.92 Å². The Morgan fingerprint density at radius 3 is 2.46 bits per heavy atom. The first kappa shape index (κ1) is 27.6. The zero-order valence-electron chi connectivity index (χ0n) is 21.2. The van der Waals surface area contributed by atoms with Gasteiger partial charge in [-0.05, 0) is 62.0 Å². The fraction of sp³-hybridized carbons (Fsp3) is 0.357. The molecule has 3 aromatic rings. The van der Waals surface area contributed by atoms with Crippen LogP contribution in [0.25, 0.3) is 0 Å². The van der Waals surface area contributed by atoms with Crippen LogP contribution in [-0.2, 0) is 16.6 Å². The number of likely N-dealkylation sites (N-methyl/N-ethyl adjacent to an activating group) is 1. The molecule has 1 N–H and O–H groups in total. The van der Waals surface area contributed by atoms with Crippen molar-refractivity contribution in [1.82, 2.24) is 9.21 Å². The molecule has 0 aliphatic carbocycles. The Bertz CT molecular complexity index is 1290. The number of hydrogen-bond acceptors (Lipinski definition) is 6. The molecule has 1 heterocycles. The second kappa shape index (κ2) is 12.0. The number of halogens is 1. The normalized spacial score (nSPS) is 20.4. The topological polar surface area (TPSA) is 79.3 Å². The van der Waals surface area contributed by atoms with Crippen molar-refractivity contribution in [3.05, 3.63) is 82.8 Å². The first-order chi connectivity index (χ1) is 17.7. The van der Waals surface area contributed by atoms with E-state index in [1.165, 1.54) is 4.31 Å². The standard InChI is InChI=1S/C28H33BrN2O5S/c1-20-16-31(21(2)19-32)37(33,34)28-14-11-23(29)15-26(28)36-27(20)18-30(3)17-22-9-12-25(13-10-22)35-24-7-5-4-6-8-24/h4-15,20-21,27,32H,16-19H2,1-3H3/t20-,21+,27+/m0/s1. The third-order valence-electron chi connectivity index (χ3n) is 6.48. The molecule has 7 nitrogen and oxygen atoms in total. The van der Waals surface area contributed by atoms with E-state index >= 15 is 0 Å². The van der Waals surface area contributed by atoms with Crippen LogP contribution in [0.15, 0.2) is 82.2 Å². The molecule has 1 aliphatic rings. The van der Waals surface area contributed by atoms with Gasteiger partial charge in [0.2, 0.25) is 10.0 Å². The van der Waals surface area contributed by atoms with Gasteiger partial charge in [0.25, 0.3) is 0 Å². The van der Waals surface area contributed by atoms with Crippen molar-refractivity contribution in [2.45, 2.75) is 37.4 Å².